The number of carbonyl (C=O) groups is 1. The van der Waals surface area contributed by atoms with E-state index in [2.05, 4.69) is 21.2 Å². The maximum absolute atomic E-state index is 12.0. The summed E-state index contributed by atoms with van der Waals surface area (Å²) in [5.41, 5.74) is 0.561. The number of benzene rings is 1. The van der Waals surface area contributed by atoms with E-state index in [4.69, 9.17) is 11.6 Å². The molecular formula is C14H17BrClNO. The van der Waals surface area contributed by atoms with Crippen LogP contribution in [-0.4, -0.2) is 17.3 Å². The van der Waals surface area contributed by atoms with Crippen LogP contribution in [0.1, 0.15) is 36.0 Å². The first-order valence-corrected chi connectivity index (χ1v) is 7.63. The maximum atomic E-state index is 12.0. The fourth-order valence-electron chi connectivity index (χ4n) is 2.39. The Hall–Kier alpha value is -0.540. The number of alkyl halides is 1. The zero-order valence-electron chi connectivity index (χ0n) is 10.2. The standard InChI is InChI=1S/C14H17BrClNO/c15-11-5-3-4-10(8-11)9-17-14(18)12-6-1-2-7-13(12)16/h1-2,6-7,10-11H,3-5,8-9H2,(H,17,18). The highest BCUT2D eigenvalue weighted by molar-refractivity contribution is 9.09. The third-order valence-corrected chi connectivity index (χ3v) is 4.55. The van der Waals surface area contributed by atoms with Gasteiger partial charge in [-0.2, -0.15) is 0 Å². The minimum atomic E-state index is -0.0719. The van der Waals surface area contributed by atoms with Gasteiger partial charge in [-0.15, -0.1) is 0 Å². The van der Waals surface area contributed by atoms with Crippen LogP contribution < -0.4 is 5.32 Å². The lowest BCUT2D eigenvalue weighted by molar-refractivity contribution is 0.0944. The molecule has 0 aromatic heterocycles. The number of rotatable bonds is 3. The van der Waals surface area contributed by atoms with Gasteiger partial charge in [0.25, 0.3) is 5.91 Å². The topological polar surface area (TPSA) is 29.1 Å². The van der Waals surface area contributed by atoms with Gasteiger partial charge >= 0.3 is 0 Å². The van der Waals surface area contributed by atoms with Gasteiger partial charge in [0.1, 0.15) is 0 Å². The fraction of sp³-hybridized carbons (Fsp3) is 0.500. The molecule has 0 bridgehead atoms. The molecule has 0 saturated heterocycles. The smallest absolute Gasteiger partial charge is 0.252 e. The van der Waals surface area contributed by atoms with Gasteiger partial charge in [0, 0.05) is 11.4 Å². The summed E-state index contributed by atoms with van der Waals surface area (Å²) >= 11 is 9.65. The van der Waals surface area contributed by atoms with Crippen LogP contribution in [-0.2, 0) is 0 Å². The van der Waals surface area contributed by atoms with Crippen LogP contribution in [0.2, 0.25) is 5.02 Å². The van der Waals surface area contributed by atoms with E-state index in [1.807, 2.05) is 12.1 Å². The minimum Gasteiger partial charge on any atom is -0.352 e. The molecule has 1 aromatic rings. The molecule has 2 nitrogen and oxygen atoms in total. The summed E-state index contributed by atoms with van der Waals surface area (Å²) in [6.45, 7) is 0.742. The molecular weight excluding hydrogens is 314 g/mol. The number of hydrogen-bond donors (Lipinski definition) is 1. The van der Waals surface area contributed by atoms with Crippen LogP contribution in [0.5, 0.6) is 0 Å². The summed E-state index contributed by atoms with van der Waals surface area (Å²) in [5.74, 6) is 0.506. The summed E-state index contributed by atoms with van der Waals surface area (Å²) in [4.78, 5) is 12.6. The van der Waals surface area contributed by atoms with Crippen molar-refractivity contribution in [2.75, 3.05) is 6.54 Å². The molecule has 0 aliphatic heterocycles. The van der Waals surface area contributed by atoms with Crippen molar-refractivity contribution in [3.8, 4) is 0 Å². The molecule has 1 aliphatic carbocycles. The van der Waals surface area contributed by atoms with E-state index < -0.39 is 0 Å². The average Bonchev–Trinajstić information content (AvgIpc) is 2.37. The van der Waals surface area contributed by atoms with Crippen LogP contribution >= 0.6 is 27.5 Å². The Kier molecular flexibility index (Phi) is 5.07. The molecule has 2 atom stereocenters. The molecule has 2 rings (SSSR count). The first-order valence-electron chi connectivity index (χ1n) is 6.33. The van der Waals surface area contributed by atoms with Gasteiger partial charge in [0.15, 0.2) is 0 Å². The van der Waals surface area contributed by atoms with Crippen molar-refractivity contribution >= 4 is 33.4 Å². The molecule has 1 saturated carbocycles. The molecule has 18 heavy (non-hydrogen) atoms. The van der Waals surface area contributed by atoms with Crippen molar-refractivity contribution in [2.24, 2.45) is 5.92 Å². The molecule has 98 valence electrons. The lowest BCUT2D eigenvalue weighted by Gasteiger charge is -2.25. The zero-order valence-corrected chi connectivity index (χ0v) is 12.5. The van der Waals surface area contributed by atoms with E-state index in [9.17, 15) is 4.79 Å². The van der Waals surface area contributed by atoms with Crippen molar-refractivity contribution < 1.29 is 4.79 Å². The van der Waals surface area contributed by atoms with Crippen LogP contribution in [0, 0.1) is 5.92 Å². The Morgan fingerprint density at radius 3 is 2.89 bits per heavy atom. The first kappa shape index (κ1) is 13.9. The number of hydrogen-bond acceptors (Lipinski definition) is 1. The molecule has 1 N–H and O–H groups in total. The van der Waals surface area contributed by atoms with E-state index in [1.54, 1.807) is 12.1 Å². The fourth-order valence-corrected chi connectivity index (χ4v) is 3.46. The predicted octanol–water partition coefficient (Wildman–Crippen LogP) is 4.02. The maximum Gasteiger partial charge on any atom is 0.252 e. The van der Waals surface area contributed by atoms with E-state index in [0.29, 0.717) is 21.3 Å². The SMILES string of the molecule is O=C(NCC1CCCC(Br)C1)c1ccccc1Cl. The third kappa shape index (κ3) is 3.72. The zero-order chi connectivity index (χ0) is 13.0. The van der Waals surface area contributed by atoms with Gasteiger partial charge in [-0.25, -0.2) is 0 Å². The van der Waals surface area contributed by atoms with Gasteiger partial charge in [-0.05, 0) is 37.3 Å². The molecule has 0 radical (unpaired) electrons. The van der Waals surface area contributed by atoms with Crippen LogP contribution in [0.4, 0.5) is 0 Å². The number of nitrogens with one attached hydrogen (secondary N) is 1. The van der Waals surface area contributed by atoms with Gasteiger partial charge in [-0.3, -0.25) is 4.79 Å². The molecule has 0 heterocycles. The Bertz CT molecular complexity index is 424. The van der Waals surface area contributed by atoms with Crippen molar-refractivity contribution in [3.63, 3.8) is 0 Å². The monoisotopic (exact) mass is 329 g/mol. The second-order valence-electron chi connectivity index (χ2n) is 4.82. The quantitative estimate of drug-likeness (QED) is 0.833. The highest BCUT2D eigenvalue weighted by atomic mass is 79.9. The lowest BCUT2D eigenvalue weighted by atomic mass is 9.89. The van der Waals surface area contributed by atoms with E-state index in [0.717, 1.165) is 13.0 Å². The molecule has 4 heteroatoms. The molecule has 0 spiro atoms. The van der Waals surface area contributed by atoms with Crippen molar-refractivity contribution in [2.45, 2.75) is 30.5 Å². The Labute approximate surface area is 121 Å². The highest BCUT2D eigenvalue weighted by Crippen LogP contribution is 2.28. The van der Waals surface area contributed by atoms with E-state index in [-0.39, 0.29) is 5.91 Å². The highest BCUT2D eigenvalue weighted by Gasteiger charge is 2.20. The van der Waals surface area contributed by atoms with Crippen LogP contribution in [0.3, 0.4) is 0 Å². The Morgan fingerprint density at radius 2 is 2.17 bits per heavy atom. The summed E-state index contributed by atoms with van der Waals surface area (Å²) in [6, 6.07) is 7.16. The average molecular weight is 331 g/mol. The van der Waals surface area contributed by atoms with Crippen molar-refractivity contribution in [1.82, 2.24) is 5.32 Å². The van der Waals surface area contributed by atoms with Crippen molar-refractivity contribution in [3.05, 3.63) is 34.9 Å². The third-order valence-electron chi connectivity index (χ3n) is 3.39. The Balaban J connectivity index is 1.87. The summed E-state index contributed by atoms with van der Waals surface area (Å²) in [6.07, 6.45) is 4.82. The van der Waals surface area contributed by atoms with E-state index in [1.165, 1.54) is 19.3 Å². The number of carbonyl (C=O) groups excluding carboxylic acids is 1. The predicted molar refractivity (Wildman–Crippen MR) is 78.5 cm³/mol. The summed E-state index contributed by atoms with van der Waals surface area (Å²) in [5, 5.41) is 3.50. The minimum absolute atomic E-state index is 0.0719. The lowest BCUT2D eigenvalue weighted by Crippen LogP contribution is -2.32. The number of halogens is 2. The summed E-state index contributed by atoms with van der Waals surface area (Å²) in [7, 11) is 0. The molecule has 1 amide bonds. The molecule has 1 fully saturated rings. The first-order chi connectivity index (χ1) is 8.66. The molecule has 2 unspecified atom stereocenters. The summed E-state index contributed by atoms with van der Waals surface area (Å²) < 4.78 is 0. The largest absolute Gasteiger partial charge is 0.352 e. The van der Waals surface area contributed by atoms with Crippen molar-refractivity contribution in [1.29, 1.82) is 0 Å². The van der Waals surface area contributed by atoms with Crippen LogP contribution in [0.25, 0.3) is 0 Å². The van der Waals surface area contributed by atoms with Crippen LogP contribution in [0.15, 0.2) is 24.3 Å². The number of amides is 1. The van der Waals surface area contributed by atoms with E-state index >= 15 is 0 Å². The second kappa shape index (κ2) is 6.58. The normalized spacial score (nSPS) is 23.7. The second-order valence-corrected chi connectivity index (χ2v) is 6.52. The van der Waals surface area contributed by atoms with Gasteiger partial charge in [0.2, 0.25) is 0 Å². The molecule has 1 aliphatic rings. The molecule has 1 aromatic carbocycles. The van der Waals surface area contributed by atoms with Gasteiger partial charge < -0.3 is 5.32 Å². The van der Waals surface area contributed by atoms with Gasteiger partial charge in [-0.1, -0.05) is 46.1 Å². The Morgan fingerprint density at radius 1 is 1.39 bits per heavy atom. The van der Waals surface area contributed by atoms with Gasteiger partial charge in [0.05, 0.1) is 10.6 Å².